The number of hydrogen-bond donors (Lipinski definition) is 2. The van der Waals surface area contributed by atoms with Crippen molar-refractivity contribution in [2.75, 3.05) is 13.2 Å². The van der Waals surface area contributed by atoms with Crippen molar-refractivity contribution in [3.05, 3.63) is 23.3 Å². The number of primary sulfonamides is 1. The second-order valence-electron chi connectivity index (χ2n) is 2.19. The molecule has 0 aliphatic rings. The number of hydrogen-bond acceptors (Lipinski definition) is 4. The fourth-order valence-electron chi connectivity index (χ4n) is 0.724. The van der Waals surface area contributed by atoms with E-state index in [-0.39, 0.29) is 23.9 Å². The maximum absolute atomic E-state index is 10.9. The Kier molecular flexibility index (Phi) is 4.68. The molecule has 0 saturated carbocycles. The maximum Gasteiger partial charge on any atom is 0.241 e. The monoisotopic (exact) mass is 207 g/mol. The van der Waals surface area contributed by atoms with E-state index in [1.807, 2.05) is 0 Å². The summed E-state index contributed by atoms with van der Waals surface area (Å²) in [6, 6.07) is 0. The molecule has 0 fully saturated rings. The van der Waals surface area contributed by atoms with E-state index in [0.717, 1.165) is 0 Å². The number of aliphatic hydroxyl groups is 1. The quantitative estimate of drug-likeness (QED) is 0.478. The zero-order valence-corrected chi connectivity index (χ0v) is 8.17. The summed E-state index contributed by atoms with van der Waals surface area (Å²) in [4.78, 5) is -0.166. The number of ether oxygens (including phenoxy) is 1. The van der Waals surface area contributed by atoms with Crippen LogP contribution in [0.25, 0.3) is 0 Å². The van der Waals surface area contributed by atoms with E-state index >= 15 is 0 Å². The SMILES string of the molecule is C=C(OCCO)C(=CC)S(N)(=O)=O. The van der Waals surface area contributed by atoms with Crippen molar-refractivity contribution in [3.63, 3.8) is 0 Å². The lowest BCUT2D eigenvalue weighted by atomic mass is 10.4. The van der Waals surface area contributed by atoms with E-state index in [2.05, 4.69) is 6.58 Å². The number of nitrogens with two attached hydrogens (primary N) is 1. The highest BCUT2D eigenvalue weighted by Crippen LogP contribution is 2.13. The topological polar surface area (TPSA) is 89.6 Å². The van der Waals surface area contributed by atoms with Crippen LogP contribution in [0.15, 0.2) is 23.3 Å². The molecular formula is C7H13NO4S. The van der Waals surface area contributed by atoms with E-state index < -0.39 is 10.0 Å². The fraction of sp³-hybridized carbons (Fsp3) is 0.429. The third-order valence-corrected chi connectivity index (χ3v) is 2.29. The normalized spacial score (nSPS) is 12.7. The third kappa shape index (κ3) is 4.07. The summed E-state index contributed by atoms with van der Waals surface area (Å²) in [6.07, 6.45) is 1.29. The summed E-state index contributed by atoms with van der Waals surface area (Å²) in [5.41, 5.74) is 0. The molecule has 0 amide bonds. The molecule has 0 aromatic rings. The van der Waals surface area contributed by atoms with Crippen molar-refractivity contribution in [2.24, 2.45) is 5.14 Å². The first kappa shape index (κ1) is 12.2. The van der Waals surface area contributed by atoms with E-state index in [1.165, 1.54) is 13.0 Å². The first-order valence-electron chi connectivity index (χ1n) is 3.55. The highest BCUT2D eigenvalue weighted by atomic mass is 32.2. The Labute approximate surface area is 77.6 Å². The van der Waals surface area contributed by atoms with Gasteiger partial charge < -0.3 is 9.84 Å². The summed E-state index contributed by atoms with van der Waals surface area (Å²) < 4.78 is 26.5. The van der Waals surface area contributed by atoms with Gasteiger partial charge in [0.25, 0.3) is 0 Å². The molecular weight excluding hydrogens is 194 g/mol. The van der Waals surface area contributed by atoms with Crippen LogP contribution in [0.1, 0.15) is 6.92 Å². The standard InChI is InChI=1S/C7H13NO4S/c1-3-7(13(8,10)11)6(2)12-5-4-9/h3,9H,2,4-5H2,1H3,(H2,8,10,11). The summed E-state index contributed by atoms with van der Waals surface area (Å²) in [5.74, 6) is -0.0564. The maximum atomic E-state index is 10.9. The van der Waals surface area contributed by atoms with Crippen LogP contribution in [0.3, 0.4) is 0 Å². The largest absolute Gasteiger partial charge is 0.490 e. The Morgan fingerprint density at radius 2 is 2.23 bits per heavy atom. The van der Waals surface area contributed by atoms with Crippen LogP contribution in [0.2, 0.25) is 0 Å². The van der Waals surface area contributed by atoms with Gasteiger partial charge in [-0.05, 0) is 6.92 Å². The lowest BCUT2D eigenvalue weighted by Crippen LogP contribution is -2.17. The molecule has 0 aromatic carbocycles. The van der Waals surface area contributed by atoms with Crippen LogP contribution < -0.4 is 5.14 Å². The molecule has 0 saturated heterocycles. The van der Waals surface area contributed by atoms with Crippen molar-refractivity contribution >= 4 is 10.0 Å². The Morgan fingerprint density at radius 3 is 2.54 bits per heavy atom. The Bertz CT molecular complexity index is 304. The second kappa shape index (κ2) is 5.00. The van der Waals surface area contributed by atoms with Crippen LogP contribution in [0.4, 0.5) is 0 Å². The van der Waals surface area contributed by atoms with Gasteiger partial charge in [0.05, 0.1) is 6.61 Å². The molecule has 0 bridgehead atoms. The Morgan fingerprint density at radius 1 is 1.69 bits per heavy atom. The van der Waals surface area contributed by atoms with E-state index in [4.69, 9.17) is 15.0 Å². The lowest BCUT2D eigenvalue weighted by Gasteiger charge is -2.08. The molecule has 0 heterocycles. The molecule has 6 heteroatoms. The molecule has 0 rings (SSSR count). The molecule has 76 valence electrons. The van der Waals surface area contributed by atoms with Gasteiger partial charge >= 0.3 is 0 Å². The van der Waals surface area contributed by atoms with Crippen LogP contribution in [-0.2, 0) is 14.8 Å². The summed E-state index contributed by atoms with van der Waals surface area (Å²) >= 11 is 0. The minimum Gasteiger partial charge on any atom is -0.490 e. The van der Waals surface area contributed by atoms with Gasteiger partial charge in [-0.25, -0.2) is 13.6 Å². The lowest BCUT2D eigenvalue weighted by molar-refractivity contribution is 0.152. The highest BCUT2D eigenvalue weighted by Gasteiger charge is 2.15. The molecule has 0 aromatic heterocycles. The summed E-state index contributed by atoms with van der Waals surface area (Å²) in [7, 11) is -3.79. The van der Waals surface area contributed by atoms with Crippen molar-refractivity contribution < 1.29 is 18.3 Å². The van der Waals surface area contributed by atoms with Crippen molar-refractivity contribution in [1.82, 2.24) is 0 Å². The minimum absolute atomic E-state index is 0.00824. The van der Waals surface area contributed by atoms with Crippen molar-refractivity contribution in [1.29, 1.82) is 0 Å². The second-order valence-corrected chi connectivity index (χ2v) is 3.72. The van der Waals surface area contributed by atoms with Gasteiger partial charge in [0.2, 0.25) is 10.0 Å². The van der Waals surface area contributed by atoms with E-state index in [0.29, 0.717) is 0 Å². The summed E-state index contributed by atoms with van der Waals surface area (Å²) in [5, 5.41) is 13.3. The molecule has 0 spiro atoms. The molecule has 5 nitrogen and oxygen atoms in total. The molecule has 0 aliphatic carbocycles. The first-order chi connectivity index (χ1) is 5.93. The average molecular weight is 207 g/mol. The van der Waals surface area contributed by atoms with Gasteiger partial charge in [0.15, 0.2) is 0 Å². The van der Waals surface area contributed by atoms with Gasteiger partial charge in [0, 0.05) is 0 Å². The third-order valence-electron chi connectivity index (χ3n) is 1.21. The molecule has 3 N–H and O–H groups in total. The molecule has 0 atom stereocenters. The van der Waals surface area contributed by atoms with Gasteiger partial charge in [-0.1, -0.05) is 12.7 Å². The van der Waals surface area contributed by atoms with E-state index in [9.17, 15) is 8.42 Å². The van der Waals surface area contributed by atoms with Gasteiger partial charge in [-0.15, -0.1) is 0 Å². The number of sulfonamides is 1. The smallest absolute Gasteiger partial charge is 0.241 e. The van der Waals surface area contributed by atoms with E-state index in [1.54, 1.807) is 0 Å². The fourth-order valence-corrected chi connectivity index (χ4v) is 1.43. The van der Waals surface area contributed by atoms with Crippen molar-refractivity contribution in [2.45, 2.75) is 6.92 Å². The van der Waals surface area contributed by atoms with Gasteiger partial charge in [0.1, 0.15) is 17.3 Å². The van der Waals surface area contributed by atoms with Crippen LogP contribution in [-0.4, -0.2) is 26.7 Å². The average Bonchev–Trinajstić information content (AvgIpc) is 1.99. The summed E-state index contributed by atoms with van der Waals surface area (Å²) in [6.45, 7) is 4.66. The zero-order chi connectivity index (χ0) is 10.5. The first-order valence-corrected chi connectivity index (χ1v) is 5.10. The Balaban J connectivity index is 4.55. The predicted octanol–water partition coefficient (Wildman–Crippen LogP) is -0.299. The Hall–Kier alpha value is -0.850. The van der Waals surface area contributed by atoms with Crippen LogP contribution >= 0.6 is 0 Å². The molecule has 0 unspecified atom stereocenters. The zero-order valence-electron chi connectivity index (χ0n) is 7.36. The minimum atomic E-state index is -3.79. The van der Waals surface area contributed by atoms with Crippen molar-refractivity contribution in [3.8, 4) is 0 Å². The van der Waals surface area contributed by atoms with Gasteiger partial charge in [-0.2, -0.15) is 0 Å². The predicted molar refractivity (Wildman–Crippen MR) is 49.0 cm³/mol. The van der Waals surface area contributed by atoms with Crippen LogP contribution in [0.5, 0.6) is 0 Å². The molecule has 0 radical (unpaired) electrons. The molecule has 13 heavy (non-hydrogen) atoms. The highest BCUT2D eigenvalue weighted by molar-refractivity contribution is 7.93. The number of allylic oxidation sites excluding steroid dienone is 1. The van der Waals surface area contributed by atoms with Crippen LogP contribution in [0, 0.1) is 0 Å². The molecule has 0 aliphatic heterocycles. The number of rotatable bonds is 5. The number of aliphatic hydroxyl groups excluding tert-OH is 1. The van der Waals surface area contributed by atoms with Gasteiger partial charge in [-0.3, -0.25) is 0 Å².